The van der Waals surface area contributed by atoms with E-state index in [1.54, 1.807) is 0 Å². The number of likely N-dealkylation sites (N-methyl/N-ethyl adjacent to an activating group) is 1. The zero-order valence-electron chi connectivity index (χ0n) is 17.7. The van der Waals surface area contributed by atoms with Crippen LogP contribution in [0.15, 0.2) is 84.4 Å². The second-order valence-corrected chi connectivity index (χ2v) is 8.91. The third-order valence-corrected chi connectivity index (χ3v) is 6.41. The van der Waals surface area contributed by atoms with Gasteiger partial charge in [-0.15, -0.1) is 11.3 Å². The molecule has 0 spiro atoms. The van der Waals surface area contributed by atoms with E-state index in [9.17, 15) is 0 Å². The van der Waals surface area contributed by atoms with Crippen molar-refractivity contribution in [2.24, 2.45) is 0 Å². The first-order valence-corrected chi connectivity index (χ1v) is 11.4. The van der Waals surface area contributed by atoms with Gasteiger partial charge in [-0.1, -0.05) is 66.7 Å². The number of hydrogen-bond donors (Lipinski definition) is 2. The first-order chi connectivity index (χ1) is 14.7. The van der Waals surface area contributed by atoms with Crippen molar-refractivity contribution >= 4 is 11.3 Å². The Morgan fingerprint density at radius 2 is 1.70 bits per heavy atom. The summed E-state index contributed by atoms with van der Waals surface area (Å²) in [5.41, 5.74) is 4.83. The van der Waals surface area contributed by atoms with Crippen LogP contribution in [0.3, 0.4) is 0 Å². The summed E-state index contributed by atoms with van der Waals surface area (Å²) in [7, 11) is 4.48. The molecule has 30 heavy (non-hydrogen) atoms. The van der Waals surface area contributed by atoms with Crippen LogP contribution in [0.2, 0.25) is 0 Å². The molecule has 154 valence electrons. The van der Waals surface area contributed by atoms with Crippen LogP contribution in [0.25, 0.3) is 11.3 Å². The molecule has 2 aromatic heterocycles. The van der Waals surface area contributed by atoms with E-state index < -0.39 is 0 Å². The number of rotatable bonds is 9. The third-order valence-electron chi connectivity index (χ3n) is 5.42. The summed E-state index contributed by atoms with van der Waals surface area (Å²) in [5, 5.41) is 9.55. The number of aromatic nitrogens is 2. The molecule has 0 saturated heterocycles. The van der Waals surface area contributed by atoms with Crippen LogP contribution in [0.4, 0.5) is 0 Å². The fourth-order valence-corrected chi connectivity index (χ4v) is 4.80. The maximum absolute atomic E-state index is 4.95. The Labute approximate surface area is 182 Å². The molecule has 1 atom stereocenters. The summed E-state index contributed by atoms with van der Waals surface area (Å²) < 4.78 is 2.08. The predicted octanol–water partition coefficient (Wildman–Crippen LogP) is 2.61. The zero-order chi connectivity index (χ0) is 20.8. The lowest BCUT2D eigenvalue weighted by molar-refractivity contribution is -0.910. The van der Waals surface area contributed by atoms with Gasteiger partial charge in [0.05, 0.1) is 31.1 Å². The van der Waals surface area contributed by atoms with Crippen molar-refractivity contribution in [1.29, 1.82) is 0 Å². The molecule has 2 heterocycles. The highest BCUT2D eigenvalue weighted by Gasteiger charge is 2.21. The minimum Gasteiger partial charge on any atom is -0.337 e. The van der Waals surface area contributed by atoms with Gasteiger partial charge in [0.25, 0.3) is 0 Å². The summed E-state index contributed by atoms with van der Waals surface area (Å²) in [6.07, 6.45) is 2.22. The number of quaternary nitrogens is 2. The molecule has 0 amide bonds. The summed E-state index contributed by atoms with van der Waals surface area (Å²) in [4.78, 5) is 2.92. The topological polar surface area (TPSA) is 38.9 Å². The lowest BCUT2D eigenvalue weighted by Crippen LogP contribution is -3.09. The fourth-order valence-electron chi connectivity index (χ4n) is 3.83. The molecule has 4 aromatic rings. The molecule has 0 aliphatic carbocycles. The van der Waals surface area contributed by atoms with Gasteiger partial charge in [-0.25, -0.2) is 0 Å². The molecule has 4 rings (SSSR count). The molecule has 5 heteroatoms. The SMILES string of the molecule is C[NH+](C)[C@@H](C[NH2+]Cc1cn(Cc2ccccc2)nc1-c1ccccc1)c1cccs1. The van der Waals surface area contributed by atoms with Gasteiger partial charge in [-0.05, 0) is 17.0 Å². The molecule has 3 N–H and O–H groups in total. The van der Waals surface area contributed by atoms with Crippen LogP contribution in [-0.4, -0.2) is 30.4 Å². The van der Waals surface area contributed by atoms with Gasteiger partial charge in [0.1, 0.15) is 18.8 Å². The number of nitrogens with zero attached hydrogens (tertiary/aromatic N) is 2. The summed E-state index contributed by atoms with van der Waals surface area (Å²) in [6.45, 7) is 2.77. The van der Waals surface area contributed by atoms with Crippen LogP contribution in [0.5, 0.6) is 0 Å². The number of nitrogens with two attached hydrogens (primary N) is 1. The largest absolute Gasteiger partial charge is 0.337 e. The molecule has 0 aliphatic rings. The Morgan fingerprint density at radius 1 is 0.967 bits per heavy atom. The predicted molar refractivity (Wildman–Crippen MR) is 124 cm³/mol. The lowest BCUT2D eigenvalue weighted by atomic mass is 10.1. The van der Waals surface area contributed by atoms with Crippen LogP contribution in [-0.2, 0) is 13.1 Å². The Bertz CT molecular complexity index is 1020. The molecule has 0 bridgehead atoms. The van der Waals surface area contributed by atoms with Gasteiger partial charge >= 0.3 is 0 Å². The second-order valence-electron chi connectivity index (χ2n) is 7.93. The molecular weight excluding hydrogens is 388 g/mol. The minimum atomic E-state index is 0.504. The van der Waals surface area contributed by atoms with Crippen molar-refractivity contribution in [2.75, 3.05) is 20.6 Å². The summed E-state index contributed by atoms with van der Waals surface area (Å²) >= 11 is 1.85. The van der Waals surface area contributed by atoms with E-state index in [2.05, 4.69) is 108 Å². The quantitative estimate of drug-likeness (QED) is 0.431. The van der Waals surface area contributed by atoms with E-state index >= 15 is 0 Å². The summed E-state index contributed by atoms with van der Waals surface area (Å²) in [5.74, 6) is 0. The normalized spacial score (nSPS) is 12.4. The molecular formula is C25H30N4S+2. The summed E-state index contributed by atoms with van der Waals surface area (Å²) in [6, 6.07) is 26.0. The Hall–Kier alpha value is -2.73. The third kappa shape index (κ3) is 5.05. The van der Waals surface area contributed by atoms with Gasteiger partial charge in [-0.2, -0.15) is 5.10 Å². The number of hydrogen-bond acceptors (Lipinski definition) is 2. The van der Waals surface area contributed by atoms with Gasteiger partial charge in [0.2, 0.25) is 0 Å². The van der Waals surface area contributed by atoms with Crippen LogP contribution in [0, 0.1) is 0 Å². The Kier molecular flexibility index (Phi) is 6.74. The van der Waals surface area contributed by atoms with Gasteiger partial charge in [0.15, 0.2) is 6.04 Å². The fraction of sp³-hybridized carbons (Fsp3) is 0.240. The number of benzene rings is 2. The highest BCUT2D eigenvalue weighted by molar-refractivity contribution is 7.10. The van der Waals surface area contributed by atoms with E-state index in [1.165, 1.54) is 26.5 Å². The van der Waals surface area contributed by atoms with Crippen molar-refractivity contribution < 1.29 is 10.2 Å². The first kappa shape index (κ1) is 20.5. The van der Waals surface area contributed by atoms with Crippen LogP contribution in [0.1, 0.15) is 22.0 Å². The lowest BCUT2D eigenvalue weighted by Gasteiger charge is -2.18. The van der Waals surface area contributed by atoms with Gasteiger partial charge in [0, 0.05) is 11.8 Å². The van der Waals surface area contributed by atoms with Gasteiger partial charge < -0.3 is 10.2 Å². The van der Waals surface area contributed by atoms with E-state index in [0.29, 0.717) is 6.04 Å². The molecule has 0 aliphatic heterocycles. The average Bonchev–Trinajstić information content (AvgIpc) is 3.43. The number of nitrogens with one attached hydrogen (secondary N) is 1. The average molecular weight is 419 g/mol. The molecule has 0 unspecified atom stereocenters. The maximum Gasteiger partial charge on any atom is 0.171 e. The molecule has 0 radical (unpaired) electrons. The Morgan fingerprint density at radius 3 is 2.37 bits per heavy atom. The van der Waals surface area contributed by atoms with Crippen LogP contribution < -0.4 is 10.2 Å². The highest BCUT2D eigenvalue weighted by Crippen LogP contribution is 2.22. The van der Waals surface area contributed by atoms with Crippen molar-refractivity contribution in [3.63, 3.8) is 0 Å². The highest BCUT2D eigenvalue weighted by atomic mass is 32.1. The smallest absolute Gasteiger partial charge is 0.171 e. The van der Waals surface area contributed by atoms with E-state index in [-0.39, 0.29) is 0 Å². The molecule has 4 nitrogen and oxygen atoms in total. The first-order valence-electron chi connectivity index (χ1n) is 10.5. The van der Waals surface area contributed by atoms with E-state index in [0.717, 1.165) is 25.3 Å². The molecule has 0 saturated carbocycles. The molecule has 2 aromatic carbocycles. The number of thiophene rings is 1. The Balaban J connectivity index is 1.52. The van der Waals surface area contributed by atoms with Crippen molar-refractivity contribution in [2.45, 2.75) is 19.1 Å². The van der Waals surface area contributed by atoms with Crippen LogP contribution >= 0.6 is 11.3 Å². The second kappa shape index (κ2) is 9.85. The van der Waals surface area contributed by atoms with Crippen molar-refractivity contribution in [3.8, 4) is 11.3 Å². The standard InChI is InChI=1S/C25H28N4S/c1-28(2)23(24-14-9-15-30-24)17-26-16-22-19-29(18-20-10-5-3-6-11-20)27-25(22)21-12-7-4-8-13-21/h3-15,19,23,26H,16-18H2,1-2H3/p+2/t23-/m0/s1. The zero-order valence-corrected chi connectivity index (χ0v) is 18.5. The monoisotopic (exact) mass is 418 g/mol. The van der Waals surface area contributed by atoms with Gasteiger partial charge in [-0.3, -0.25) is 4.68 Å². The van der Waals surface area contributed by atoms with Crippen molar-refractivity contribution in [1.82, 2.24) is 9.78 Å². The van der Waals surface area contributed by atoms with E-state index in [1.807, 2.05) is 11.3 Å². The minimum absolute atomic E-state index is 0.504. The van der Waals surface area contributed by atoms with Crippen molar-refractivity contribution in [3.05, 3.63) is 100 Å². The maximum atomic E-state index is 4.95. The van der Waals surface area contributed by atoms with E-state index in [4.69, 9.17) is 5.10 Å². The molecule has 0 fully saturated rings.